The summed E-state index contributed by atoms with van der Waals surface area (Å²) in [5.74, 6) is 1.79. The minimum atomic E-state index is 0.194. The first-order chi connectivity index (χ1) is 6.72. The molecule has 0 radical (unpaired) electrons. The van der Waals surface area contributed by atoms with E-state index in [9.17, 15) is 0 Å². The predicted octanol–water partition coefficient (Wildman–Crippen LogP) is 0.259. The number of methoxy groups -OCH3 is 1. The van der Waals surface area contributed by atoms with Gasteiger partial charge in [-0.2, -0.15) is 5.10 Å². The van der Waals surface area contributed by atoms with Gasteiger partial charge in [-0.25, -0.2) is 9.67 Å². The monoisotopic (exact) mass is 196 g/mol. The summed E-state index contributed by atoms with van der Waals surface area (Å²) >= 11 is 0. The van der Waals surface area contributed by atoms with Crippen LogP contribution in [0.3, 0.4) is 0 Å². The van der Waals surface area contributed by atoms with Gasteiger partial charge in [0.25, 0.3) is 0 Å². The number of rotatable bonds is 2. The van der Waals surface area contributed by atoms with E-state index in [-0.39, 0.29) is 12.1 Å². The number of nitrogens with two attached hydrogens (primary N) is 1. The minimum Gasteiger partial charge on any atom is -0.377 e. The second-order valence-corrected chi connectivity index (χ2v) is 3.76. The van der Waals surface area contributed by atoms with E-state index in [0.29, 0.717) is 6.61 Å². The molecule has 0 spiro atoms. The Bertz CT molecular complexity index is 323. The molecule has 0 fully saturated rings. The number of hydrogen-bond donors (Lipinski definition) is 1. The molecule has 2 N–H and O–H groups in total. The van der Waals surface area contributed by atoms with Crippen LogP contribution in [-0.4, -0.2) is 27.9 Å². The van der Waals surface area contributed by atoms with Gasteiger partial charge in [0.15, 0.2) is 5.82 Å². The maximum atomic E-state index is 5.96. The Labute approximate surface area is 83.3 Å². The van der Waals surface area contributed by atoms with Crippen molar-refractivity contribution in [3.8, 4) is 0 Å². The summed E-state index contributed by atoms with van der Waals surface area (Å²) in [4.78, 5) is 4.40. The third-order valence-corrected chi connectivity index (χ3v) is 2.73. The molecule has 2 unspecified atom stereocenters. The van der Waals surface area contributed by atoms with Crippen LogP contribution in [0.15, 0.2) is 0 Å². The van der Waals surface area contributed by atoms with Gasteiger partial charge in [0, 0.05) is 19.6 Å². The molecule has 1 aliphatic heterocycles. The van der Waals surface area contributed by atoms with E-state index in [1.165, 1.54) is 0 Å². The zero-order valence-corrected chi connectivity index (χ0v) is 8.60. The van der Waals surface area contributed by atoms with Crippen molar-refractivity contribution < 1.29 is 4.74 Å². The largest absolute Gasteiger partial charge is 0.377 e. The Morgan fingerprint density at radius 2 is 2.43 bits per heavy atom. The molecule has 1 aromatic rings. The highest BCUT2D eigenvalue weighted by atomic mass is 16.5. The van der Waals surface area contributed by atoms with Crippen LogP contribution in [0, 0.1) is 0 Å². The van der Waals surface area contributed by atoms with Gasteiger partial charge in [0.05, 0.1) is 6.04 Å². The summed E-state index contributed by atoms with van der Waals surface area (Å²) in [7, 11) is 1.65. The van der Waals surface area contributed by atoms with Gasteiger partial charge in [0.2, 0.25) is 0 Å². The van der Waals surface area contributed by atoms with Crippen molar-refractivity contribution in [1.82, 2.24) is 14.8 Å². The first-order valence-electron chi connectivity index (χ1n) is 4.91. The molecule has 0 saturated heterocycles. The molecule has 0 bridgehead atoms. The van der Waals surface area contributed by atoms with E-state index in [2.05, 4.69) is 17.0 Å². The summed E-state index contributed by atoms with van der Waals surface area (Å²) < 4.78 is 6.93. The molecule has 14 heavy (non-hydrogen) atoms. The molecule has 0 aromatic carbocycles. The maximum absolute atomic E-state index is 5.96. The Hall–Kier alpha value is -0.940. The fourth-order valence-corrected chi connectivity index (χ4v) is 1.81. The van der Waals surface area contributed by atoms with Crippen LogP contribution in [0.2, 0.25) is 0 Å². The topological polar surface area (TPSA) is 66.0 Å². The van der Waals surface area contributed by atoms with E-state index in [0.717, 1.165) is 24.5 Å². The number of nitrogens with zero attached hydrogens (tertiary/aromatic N) is 3. The highest BCUT2D eigenvalue weighted by Crippen LogP contribution is 2.21. The average Bonchev–Trinajstić information content (AvgIpc) is 2.56. The molecular formula is C9H16N4O. The summed E-state index contributed by atoms with van der Waals surface area (Å²) in [6.07, 6.45) is 1.91. The molecule has 0 aliphatic carbocycles. The molecule has 5 nitrogen and oxygen atoms in total. The standard InChI is InChI=1S/C9H16N4O/c1-6-7(10)3-4-9-11-8(5-14-2)12-13(6)9/h6-7H,3-5,10H2,1-2H3. The number of hydrogen-bond acceptors (Lipinski definition) is 4. The second kappa shape index (κ2) is 3.67. The molecule has 2 rings (SSSR count). The van der Waals surface area contributed by atoms with Gasteiger partial charge < -0.3 is 10.5 Å². The number of aromatic nitrogens is 3. The zero-order chi connectivity index (χ0) is 10.1. The lowest BCUT2D eigenvalue weighted by molar-refractivity contribution is 0.177. The second-order valence-electron chi connectivity index (χ2n) is 3.76. The SMILES string of the molecule is COCc1nc2n(n1)C(C)C(N)CC2. The van der Waals surface area contributed by atoms with Gasteiger partial charge in [0.1, 0.15) is 12.4 Å². The molecular weight excluding hydrogens is 180 g/mol. The Morgan fingerprint density at radius 1 is 1.64 bits per heavy atom. The Balaban J connectivity index is 2.27. The normalized spacial score (nSPS) is 26.2. The van der Waals surface area contributed by atoms with E-state index in [1.54, 1.807) is 7.11 Å². The van der Waals surface area contributed by atoms with Crippen molar-refractivity contribution >= 4 is 0 Å². The molecule has 1 aromatic heterocycles. The van der Waals surface area contributed by atoms with Crippen LogP contribution >= 0.6 is 0 Å². The van der Waals surface area contributed by atoms with Gasteiger partial charge in [-0.1, -0.05) is 0 Å². The predicted molar refractivity (Wildman–Crippen MR) is 51.7 cm³/mol. The molecule has 2 heterocycles. The third kappa shape index (κ3) is 1.53. The van der Waals surface area contributed by atoms with Crippen LogP contribution in [0.4, 0.5) is 0 Å². The molecule has 1 aliphatic rings. The molecule has 5 heteroatoms. The van der Waals surface area contributed by atoms with Crippen molar-refractivity contribution in [2.45, 2.75) is 38.5 Å². The van der Waals surface area contributed by atoms with Crippen molar-refractivity contribution in [1.29, 1.82) is 0 Å². The van der Waals surface area contributed by atoms with Crippen molar-refractivity contribution in [3.63, 3.8) is 0 Å². The highest BCUT2D eigenvalue weighted by molar-refractivity contribution is 5.00. The summed E-state index contributed by atoms with van der Waals surface area (Å²) in [5.41, 5.74) is 5.96. The minimum absolute atomic E-state index is 0.194. The zero-order valence-electron chi connectivity index (χ0n) is 8.60. The molecule has 2 atom stereocenters. The van der Waals surface area contributed by atoms with Gasteiger partial charge in [-0.15, -0.1) is 0 Å². The first-order valence-corrected chi connectivity index (χ1v) is 4.91. The van der Waals surface area contributed by atoms with Crippen LogP contribution in [0.25, 0.3) is 0 Å². The van der Waals surface area contributed by atoms with Crippen LogP contribution in [-0.2, 0) is 17.8 Å². The Kier molecular flexibility index (Phi) is 2.52. The molecule has 0 amide bonds. The highest BCUT2D eigenvalue weighted by Gasteiger charge is 2.25. The van der Waals surface area contributed by atoms with E-state index in [4.69, 9.17) is 10.5 Å². The quantitative estimate of drug-likeness (QED) is 0.736. The third-order valence-electron chi connectivity index (χ3n) is 2.73. The summed E-state index contributed by atoms with van der Waals surface area (Å²) in [6.45, 7) is 2.56. The lowest BCUT2D eigenvalue weighted by Gasteiger charge is -2.25. The van der Waals surface area contributed by atoms with Crippen molar-refractivity contribution in [2.24, 2.45) is 5.73 Å². The van der Waals surface area contributed by atoms with Crippen LogP contribution in [0.1, 0.15) is 31.0 Å². The smallest absolute Gasteiger partial charge is 0.176 e. The average molecular weight is 196 g/mol. The van der Waals surface area contributed by atoms with Crippen LogP contribution < -0.4 is 5.73 Å². The number of fused-ring (bicyclic) bond motifs is 1. The van der Waals surface area contributed by atoms with Crippen molar-refractivity contribution in [2.75, 3.05) is 7.11 Å². The van der Waals surface area contributed by atoms with E-state index < -0.39 is 0 Å². The van der Waals surface area contributed by atoms with Crippen LogP contribution in [0.5, 0.6) is 0 Å². The van der Waals surface area contributed by atoms with Gasteiger partial charge in [-0.3, -0.25) is 0 Å². The molecule has 78 valence electrons. The maximum Gasteiger partial charge on any atom is 0.176 e. The fourth-order valence-electron chi connectivity index (χ4n) is 1.81. The van der Waals surface area contributed by atoms with Gasteiger partial charge in [-0.05, 0) is 13.3 Å². The fraction of sp³-hybridized carbons (Fsp3) is 0.778. The number of aryl methyl sites for hydroxylation is 1. The lowest BCUT2D eigenvalue weighted by Crippen LogP contribution is -2.36. The van der Waals surface area contributed by atoms with E-state index in [1.807, 2.05) is 4.68 Å². The number of ether oxygens (including phenoxy) is 1. The van der Waals surface area contributed by atoms with E-state index >= 15 is 0 Å². The lowest BCUT2D eigenvalue weighted by atomic mass is 10.0. The first kappa shape index (κ1) is 9.61. The summed E-state index contributed by atoms with van der Waals surface area (Å²) in [6, 6.07) is 0.441. The summed E-state index contributed by atoms with van der Waals surface area (Å²) in [5, 5.41) is 4.37. The van der Waals surface area contributed by atoms with Gasteiger partial charge >= 0.3 is 0 Å². The Morgan fingerprint density at radius 3 is 3.14 bits per heavy atom. The van der Waals surface area contributed by atoms with Crippen molar-refractivity contribution in [3.05, 3.63) is 11.6 Å². The molecule has 0 saturated carbocycles.